The van der Waals surface area contributed by atoms with E-state index in [-0.39, 0.29) is 0 Å². The number of hydrogen-bond acceptors (Lipinski definition) is 3. The summed E-state index contributed by atoms with van der Waals surface area (Å²) in [4.78, 5) is 2.61. The van der Waals surface area contributed by atoms with Gasteiger partial charge in [0.05, 0.1) is 0 Å². The van der Waals surface area contributed by atoms with Crippen LogP contribution in [-0.2, 0) is 0 Å². The highest BCUT2D eigenvalue weighted by atomic mass is 32.2. The first-order chi connectivity index (χ1) is 7.27. The summed E-state index contributed by atoms with van der Waals surface area (Å²) in [5.41, 5.74) is 5.88. The summed E-state index contributed by atoms with van der Waals surface area (Å²) >= 11 is 2.10. The standard InChI is InChI=1S/C12H26N2S/c1-3-4-5-6-12(9-13)14-7-8-15-11(2)10-14/h11-12H,3-10,13H2,1-2H3. The minimum Gasteiger partial charge on any atom is -0.329 e. The van der Waals surface area contributed by atoms with Crippen molar-refractivity contribution in [2.45, 2.75) is 50.8 Å². The van der Waals surface area contributed by atoms with Gasteiger partial charge in [-0.1, -0.05) is 33.1 Å². The maximum Gasteiger partial charge on any atom is 0.0219 e. The predicted octanol–water partition coefficient (Wildman–Crippen LogP) is 2.33. The Hall–Kier alpha value is 0.270. The Morgan fingerprint density at radius 3 is 2.87 bits per heavy atom. The Kier molecular flexibility index (Phi) is 6.69. The zero-order chi connectivity index (χ0) is 11.1. The Morgan fingerprint density at radius 2 is 2.27 bits per heavy atom. The van der Waals surface area contributed by atoms with Crippen molar-refractivity contribution in [3.05, 3.63) is 0 Å². The van der Waals surface area contributed by atoms with Crippen LogP contribution in [0.25, 0.3) is 0 Å². The number of hydrogen-bond donors (Lipinski definition) is 1. The van der Waals surface area contributed by atoms with Gasteiger partial charge in [-0.15, -0.1) is 0 Å². The molecule has 0 aliphatic carbocycles. The molecule has 0 aromatic heterocycles. The first-order valence-corrected chi connectivity index (χ1v) is 7.38. The number of rotatable bonds is 6. The van der Waals surface area contributed by atoms with E-state index in [1.165, 1.54) is 44.5 Å². The van der Waals surface area contributed by atoms with E-state index < -0.39 is 0 Å². The SMILES string of the molecule is CCCCCC(CN)N1CCSC(C)C1. The minimum atomic E-state index is 0.639. The quantitative estimate of drug-likeness (QED) is 0.710. The van der Waals surface area contributed by atoms with E-state index in [9.17, 15) is 0 Å². The van der Waals surface area contributed by atoms with E-state index in [4.69, 9.17) is 5.73 Å². The van der Waals surface area contributed by atoms with Crippen molar-refractivity contribution >= 4 is 11.8 Å². The summed E-state index contributed by atoms with van der Waals surface area (Å²) in [6.07, 6.45) is 5.30. The summed E-state index contributed by atoms with van der Waals surface area (Å²) in [5.74, 6) is 1.28. The smallest absolute Gasteiger partial charge is 0.0219 e. The van der Waals surface area contributed by atoms with Crippen molar-refractivity contribution in [1.82, 2.24) is 4.90 Å². The highest BCUT2D eigenvalue weighted by Crippen LogP contribution is 2.21. The fourth-order valence-corrected chi connectivity index (χ4v) is 3.30. The fourth-order valence-electron chi connectivity index (χ4n) is 2.26. The van der Waals surface area contributed by atoms with Gasteiger partial charge >= 0.3 is 0 Å². The van der Waals surface area contributed by atoms with Crippen molar-refractivity contribution in [3.63, 3.8) is 0 Å². The third-order valence-corrected chi connectivity index (χ3v) is 4.34. The monoisotopic (exact) mass is 230 g/mol. The van der Waals surface area contributed by atoms with Gasteiger partial charge in [-0.25, -0.2) is 0 Å². The molecule has 0 radical (unpaired) electrons. The van der Waals surface area contributed by atoms with Crippen LogP contribution >= 0.6 is 11.8 Å². The van der Waals surface area contributed by atoms with Crippen LogP contribution in [0, 0.1) is 0 Å². The molecular weight excluding hydrogens is 204 g/mol. The third kappa shape index (κ3) is 4.75. The number of unbranched alkanes of at least 4 members (excludes halogenated alkanes) is 2. The van der Waals surface area contributed by atoms with Crippen molar-refractivity contribution in [1.29, 1.82) is 0 Å². The second-order valence-corrected chi connectivity index (χ2v) is 6.11. The molecule has 2 N–H and O–H groups in total. The van der Waals surface area contributed by atoms with E-state index in [2.05, 4.69) is 30.5 Å². The molecule has 0 amide bonds. The van der Waals surface area contributed by atoms with Gasteiger partial charge in [0.25, 0.3) is 0 Å². The van der Waals surface area contributed by atoms with Crippen LogP contribution in [-0.4, -0.2) is 41.6 Å². The Morgan fingerprint density at radius 1 is 1.47 bits per heavy atom. The van der Waals surface area contributed by atoms with Gasteiger partial charge in [-0.3, -0.25) is 4.90 Å². The van der Waals surface area contributed by atoms with Gasteiger partial charge in [0.15, 0.2) is 0 Å². The normalized spacial score (nSPS) is 25.4. The second-order valence-electron chi connectivity index (χ2n) is 4.56. The molecule has 15 heavy (non-hydrogen) atoms. The Labute approximate surface area is 99.0 Å². The molecule has 0 aromatic rings. The summed E-state index contributed by atoms with van der Waals surface area (Å²) in [5, 5.41) is 0.791. The van der Waals surface area contributed by atoms with Crippen LogP contribution in [0.5, 0.6) is 0 Å². The average Bonchev–Trinajstić information content (AvgIpc) is 2.24. The van der Waals surface area contributed by atoms with E-state index in [1.54, 1.807) is 0 Å². The molecule has 1 heterocycles. The largest absolute Gasteiger partial charge is 0.329 e. The molecule has 1 aliphatic heterocycles. The topological polar surface area (TPSA) is 29.3 Å². The molecule has 1 saturated heterocycles. The average molecular weight is 230 g/mol. The van der Waals surface area contributed by atoms with Crippen molar-refractivity contribution in [2.75, 3.05) is 25.4 Å². The van der Waals surface area contributed by atoms with E-state index in [0.717, 1.165) is 11.8 Å². The summed E-state index contributed by atoms with van der Waals surface area (Å²) in [6.45, 7) is 7.90. The zero-order valence-corrected chi connectivity index (χ0v) is 11.1. The first kappa shape index (κ1) is 13.3. The Balaban J connectivity index is 2.29. The molecule has 1 aliphatic rings. The summed E-state index contributed by atoms with van der Waals surface area (Å²) < 4.78 is 0. The summed E-state index contributed by atoms with van der Waals surface area (Å²) in [6, 6.07) is 0.639. The molecule has 90 valence electrons. The highest BCUT2D eigenvalue weighted by molar-refractivity contribution is 7.99. The first-order valence-electron chi connectivity index (χ1n) is 6.33. The van der Waals surface area contributed by atoms with E-state index in [0.29, 0.717) is 6.04 Å². The summed E-state index contributed by atoms with van der Waals surface area (Å²) in [7, 11) is 0. The van der Waals surface area contributed by atoms with E-state index >= 15 is 0 Å². The van der Waals surface area contributed by atoms with Crippen LogP contribution in [0.3, 0.4) is 0 Å². The lowest BCUT2D eigenvalue weighted by Crippen LogP contribution is -2.47. The van der Waals surface area contributed by atoms with Gasteiger partial charge in [-0.2, -0.15) is 11.8 Å². The van der Waals surface area contributed by atoms with Crippen molar-refractivity contribution < 1.29 is 0 Å². The minimum absolute atomic E-state index is 0.639. The molecule has 2 unspecified atom stereocenters. The molecule has 0 saturated carbocycles. The zero-order valence-electron chi connectivity index (χ0n) is 10.2. The Bertz CT molecular complexity index is 164. The molecule has 0 bridgehead atoms. The van der Waals surface area contributed by atoms with Gasteiger partial charge in [0, 0.05) is 36.7 Å². The van der Waals surface area contributed by atoms with Crippen LogP contribution in [0.2, 0.25) is 0 Å². The lowest BCUT2D eigenvalue weighted by molar-refractivity contribution is 0.196. The molecular formula is C12H26N2S. The van der Waals surface area contributed by atoms with Gasteiger partial charge in [0.1, 0.15) is 0 Å². The van der Waals surface area contributed by atoms with E-state index in [1.807, 2.05) is 0 Å². The molecule has 0 spiro atoms. The van der Waals surface area contributed by atoms with Gasteiger partial charge in [0.2, 0.25) is 0 Å². The van der Waals surface area contributed by atoms with Crippen LogP contribution < -0.4 is 5.73 Å². The lowest BCUT2D eigenvalue weighted by atomic mass is 10.1. The molecule has 1 rings (SSSR count). The van der Waals surface area contributed by atoms with Gasteiger partial charge < -0.3 is 5.73 Å². The molecule has 1 fully saturated rings. The molecule has 0 aromatic carbocycles. The highest BCUT2D eigenvalue weighted by Gasteiger charge is 2.22. The maximum atomic E-state index is 5.88. The number of nitrogens with two attached hydrogens (primary N) is 1. The van der Waals surface area contributed by atoms with Crippen LogP contribution in [0.1, 0.15) is 39.5 Å². The van der Waals surface area contributed by atoms with Gasteiger partial charge in [-0.05, 0) is 6.42 Å². The second kappa shape index (κ2) is 7.53. The van der Waals surface area contributed by atoms with Crippen molar-refractivity contribution in [3.8, 4) is 0 Å². The maximum absolute atomic E-state index is 5.88. The van der Waals surface area contributed by atoms with Crippen LogP contribution in [0.4, 0.5) is 0 Å². The lowest BCUT2D eigenvalue weighted by Gasteiger charge is -2.36. The number of nitrogens with zero attached hydrogens (tertiary/aromatic N) is 1. The predicted molar refractivity (Wildman–Crippen MR) is 70.5 cm³/mol. The molecule has 3 heteroatoms. The number of thioether (sulfide) groups is 1. The fraction of sp³-hybridized carbons (Fsp3) is 1.00. The molecule has 2 atom stereocenters. The molecule has 2 nitrogen and oxygen atoms in total. The third-order valence-electron chi connectivity index (χ3n) is 3.20. The van der Waals surface area contributed by atoms with Crippen molar-refractivity contribution in [2.24, 2.45) is 5.73 Å². The van der Waals surface area contributed by atoms with Crippen LogP contribution in [0.15, 0.2) is 0 Å².